The van der Waals surface area contributed by atoms with Gasteiger partial charge in [-0.15, -0.1) is 0 Å². The Balaban J connectivity index is 2.17. The first kappa shape index (κ1) is 9.14. The highest BCUT2D eigenvalue weighted by Crippen LogP contribution is 2.13. The third kappa shape index (κ3) is 3.30. The van der Waals surface area contributed by atoms with E-state index < -0.39 is 0 Å². The lowest BCUT2D eigenvalue weighted by molar-refractivity contribution is 0.641. The molecule has 2 unspecified atom stereocenters. The van der Waals surface area contributed by atoms with E-state index >= 15 is 0 Å². The van der Waals surface area contributed by atoms with Crippen LogP contribution in [0.2, 0.25) is 0 Å². The minimum atomic E-state index is 0.650. The summed E-state index contributed by atoms with van der Waals surface area (Å²) in [5.41, 5.74) is 0. The Hall–Kier alpha value is 0.0500. The Morgan fingerprint density at radius 3 is 3.00 bits per heavy atom. The van der Waals surface area contributed by atoms with Crippen LogP contribution in [-0.4, -0.2) is 24.6 Å². The molecule has 0 aliphatic carbocycles. The van der Waals surface area contributed by atoms with E-state index in [2.05, 4.69) is 30.6 Å². The molecule has 0 saturated carbocycles. The van der Waals surface area contributed by atoms with Crippen molar-refractivity contribution in [2.45, 2.75) is 19.4 Å². The maximum atomic E-state index is 3.47. The molecule has 1 N–H and O–H groups in total. The lowest BCUT2D eigenvalue weighted by Gasteiger charge is -2.01. The van der Waals surface area contributed by atoms with Gasteiger partial charge in [-0.05, 0) is 25.1 Å². The molecule has 1 nitrogen and oxygen atoms in total. The highest BCUT2D eigenvalue weighted by Gasteiger charge is 2.16. The number of hydrogen-bond donors (Lipinski definition) is 1. The van der Waals surface area contributed by atoms with E-state index in [1.165, 1.54) is 13.0 Å². The van der Waals surface area contributed by atoms with Gasteiger partial charge in [0.05, 0.1) is 0 Å². The van der Waals surface area contributed by atoms with Gasteiger partial charge in [-0.1, -0.05) is 19.1 Å². The molecular weight excluding hydrogens is 154 g/mol. The van der Waals surface area contributed by atoms with Gasteiger partial charge in [0.1, 0.15) is 0 Å². The average Bonchev–Trinajstić information content (AvgIpc) is 2.37. The standard InChI is InChI=1S/C9H17NS/c1-8-6-9(10-7-8)4-3-5-11-2/h3-4,8-10H,5-7H2,1-2H3/b4-3+. The molecule has 1 aliphatic rings. The van der Waals surface area contributed by atoms with Crippen molar-refractivity contribution in [2.75, 3.05) is 18.6 Å². The minimum Gasteiger partial charge on any atom is -0.310 e. The Morgan fingerprint density at radius 1 is 1.64 bits per heavy atom. The molecule has 1 heterocycles. The van der Waals surface area contributed by atoms with Crippen molar-refractivity contribution in [3.8, 4) is 0 Å². The summed E-state index contributed by atoms with van der Waals surface area (Å²) in [5.74, 6) is 2.01. The van der Waals surface area contributed by atoms with Crippen molar-refractivity contribution in [1.82, 2.24) is 5.32 Å². The van der Waals surface area contributed by atoms with Gasteiger partial charge in [0.2, 0.25) is 0 Å². The number of nitrogens with one attached hydrogen (secondary N) is 1. The fourth-order valence-corrected chi connectivity index (χ4v) is 1.72. The molecular formula is C9H17NS. The smallest absolute Gasteiger partial charge is 0.0253 e. The number of rotatable bonds is 3. The van der Waals surface area contributed by atoms with Crippen LogP contribution in [0.1, 0.15) is 13.3 Å². The molecule has 1 fully saturated rings. The first-order valence-corrected chi connectivity index (χ1v) is 5.61. The molecule has 1 rings (SSSR count). The Bertz CT molecular complexity index is 134. The van der Waals surface area contributed by atoms with Gasteiger partial charge in [-0.3, -0.25) is 0 Å². The van der Waals surface area contributed by atoms with Crippen LogP contribution in [0.5, 0.6) is 0 Å². The fourth-order valence-electron chi connectivity index (χ4n) is 1.42. The fraction of sp³-hybridized carbons (Fsp3) is 0.778. The van der Waals surface area contributed by atoms with E-state index in [0.29, 0.717) is 6.04 Å². The van der Waals surface area contributed by atoms with Gasteiger partial charge in [0.15, 0.2) is 0 Å². The second kappa shape index (κ2) is 4.83. The molecule has 0 amide bonds. The monoisotopic (exact) mass is 171 g/mol. The lowest BCUT2D eigenvalue weighted by Crippen LogP contribution is -2.18. The van der Waals surface area contributed by atoms with Crippen LogP contribution in [0.25, 0.3) is 0 Å². The molecule has 0 aromatic carbocycles. The molecule has 64 valence electrons. The topological polar surface area (TPSA) is 12.0 Å². The maximum Gasteiger partial charge on any atom is 0.0253 e. The molecule has 0 aromatic rings. The summed E-state index contributed by atoms with van der Waals surface area (Å²) in [6.07, 6.45) is 8.01. The summed E-state index contributed by atoms with van der Waals surface area (Å²) >= 11 is 1.87. The van der Waals surface area contributed by atoms with Crippen LogP contribution in [0, 0.1) is 5.92 Å². The predicted molar refractivity (Wildman–Crippen MR) is 53.1 cm³/mol. The third-order valence-corrected chi connectivity index (χ3v) is 2.54. The van der Waals surface area contributed by atoms with Crippen LogP contribution in [0.15, 0.2) is 12.2 Å². The summed E-state index contributed by atoms with van der Waals surface area (Å²) in [6, 6.07) is 0.650. The van der Waals surface area contributed by atoms with E-state index in [-0.39, 0.29) is 0 Å². The third-order valence-electron chi connectivity index (χ3n) is 2.02. The van der Waals surface area contributed by atoms with Crippen molar-refractivity contribution in [2.24, 2.45) is 5.92 Å². The Kier molecular flexibility index (Phi) is 4.02. The maximum absolute atomic E-state index is 3.47. The molecule has 0 radical (unpaired) electrons. The second-order valence-electron chi connectivity index (χ2n) is 3.24. The normalized spacial score (nSPS) is 31.8. The summed E-state index contributed by atoms with van der Waals surface area (Å²) in [6.45, 7) is 3.49. The average molecular weight is 171 g/mol. The Morgan fingerprint density at radius 2 is 2.45 bits per heavy atom. The zero-order valence-electron chi connectivity index (χ0n) is 7.34. The van der Waals surface area contributed by atoms with Crippen LogP contribution >= 0.6 is 11.8 Å². The second-order valence-corrected chi connectivity index (χ2v) is 4.15. The summed E-state index contributed by atoms with van der Waals surface area (Å²) < 4.78 is 0. The van der Waals surface area contributed by atoms with E-state index in [0.717, 1.165) is 11.7 Å². The van der Waals surface area contributed by atoms with E-state index in [1.54, 1.807) is 0 Å². The zero-order valence-corrected chi connectivity index (χ0v) is 8.16. The van der Waals surface area contributed by atoms with E-state index in [9.17, 15) is 0 Å². The molecule has 0 bridgehead atoms. The van der Waals surface area contributed by atoms with E-state index in [1.807, 2.05) is 11.8 Å². The molecule has 1 saturated heterocycles. The van der Waals surface area contributed by atoms with E-state index in [4.69, 9.17) is 0 Å². The molecule has 2 atom stereocenters. The Labute approximate surface area is 73.6 Å². The summed E-state index contributed by atoms with van der Waals surface area (Å²) in [5, 5.41) is 3.47. The van der Waals surface area contributed by atoms with Crippen LogP contribution in [0.4, 0.5) is 0 Å². The van der Waals surface area contributed by atoms with Gasteiger partial charge >= 0.3 is 0 Å². The summed E-state index contributed by atoms with van der Waals surface area (Å²) in [7, 11) is 0. The van der Waals surface area contributed by atoms with Gasteiger partial charge in [0, 0.05) is 11.8 Å². The van der Waals surface area contributed by atoms with Crippen LogP contribution < -0.4 is 5.32 Å². The number of thioether (sulfide) groups is 1. The first-order chi connectivity index (χ1) is 5.33. The van der Waals surface area contributed by atoms with Crippen molar-refractivity contribution < 1.29 is 0 Å². The van der Waals surface area contributed by atoms with Crippen molar-refractivity contribution in [1.29, 1.82) is 0 Å². The van der Waals surface area contributed by atoms with Gasteiger partial charge in [-0.25, -0.2) is 0 Å². The van der Waals surface area contributed by atoms with Gasteiger partial charge < -0.3 is 5.32 Å². The highest BCUT2D eigenvalue weighted by atomic mass is 32.2. The van der Waals surface area contributed by atoms with Crippen molar-refractivity contribution >= 4 is 11.8 Å². The predicted octanol–water partition coefficient (Wildman–Crippen LogP) is 1.90. The zero-order chi connectivity index (χ0) is 8.10. The molecule has 0 aromatic heterocycles. The van der Waals surface area contributed by atoms with Crippen molar-refractivity contribution in [3.63, 3.8) is 0 Å². The molecule has 1 aliphatic heterocycles. The van der Waals surface area contributed by atoms with Gasteiger partial charge in [0.25, 0.3) is 0 Å². The lowest BCUT2D eigenvalue weighted by atomic mass is 10.1. The summed E-state index contributed by atoms with van der Waals surface area (Å²) in [4.78, 5) is 0. The first-order valence-electron chi connectivity index (χ1n) is 4.22. The SMILES string of the molecule is CSC/C=C/C1CC(C)CN1. The van der Waals surface area contributed by atoms with Crippen molar-refractivity contribution in [3.05, 3.63) is 12.2 Å². The quantitative estimate of drug-likeness (QED) is 0.651. The van der Waals surface area contributed by atoms with Gasteiger partial charge in [-0.2, -0.15) is 11.8 Å². The highest BCUT2D eigenvalue weighted by molar-refractivity contribution is 7.98. The molecule has 2 heteroatoms. The molecule has 11 heavy (non-hydrogen) atoms. The largest absolute Gasteiger partial charge is 0.310 e. The van der Waals surface area contributed by atoms with Crippen LogP contribution in [-0.2, 0) is 0 Å². The number of hydrogen-bond acceptors (Lipinski definition) is 2. The molecule has 0 spiro atoms. The minimum absolute atomic E-state index is 0.650. The van der Waals surface area contributed by atoms with Crippen LogP contribution in [0.3, 0.4) is 0 Å².